The first-order chi connectivity index (χ1) is 7.22. The average Bonchev–Trinajstić information content (AvgIpc) is 2.61. The number of nitrogens with zero attached hydrogens (tertiary/aromatic N) is 2. The van der Waals surface area contributed by atoms with E-state index in [2.05, 4.69) is 32.7 Å². The summed E-state index contributed by atoms with van der Waals surface area (Å²) in [5.41, 5.74) is 0. The van der Waals surface area contributed by atoms with Gasteiger partial charge in [0, 0.05) is 29.1 Å². The van der Waals surface area contributed by atoms with Gasteiger partial charge in [-0.2, -0.15) is 0 Å². The molecule has 0 radical (unpaired) electrons. The summed E-state index contributed by atoms with van der Waals surface area (Å²) in [5, 5.41) is 0. The van der Waals surface area contributed by atoms with Gasteiger partial charge in [-0.25, -0.2) is 4.98 Å². The Kier molecular flexibility index (Phi) is 3.52. The fraction of sp³-hybridized carbons (Fsp3) is 0.545. The van der Waals surface area contributed by atoms with Crippen molar-refractivity contribution in [2.45, 2.75) is 19.4 Å². The van der Waals surface area contributed by atoms with E-state index in [-0.39, 0.29) is 0 Å². The Hall–Kier alpha value is -0.280. The summed E-state index contributed by atoms with van der Waals surface area (Å²) in [7, 11) is 0. The quantitative estimate of drug-likeness (QED) is 0.777. The first-order valence-electron chi connectivity index (χ1n) is 5.16. The van der Waals surface area contributed by atoms with Crippen molar-refractivity contribution in [2.75, 3.05) is 17.3 Å². The molecular weight excluding hydrogens is 275 g/mol. The summed E-state index contributed by atoms with van der Waals surface area (Å²) in [5.74, 6) is 2.37. The first-order valence-corrected chi connectivity index (χ1v) is 6.49. The molecule has 82 valence electrons. The number of alkyl halides is 1. The zero-order valence-corrected chi connectivity index (χ0v) is 11.0. The third kappa shape index (κ3) is 2.28. The maximum absolute atomic E-state index is 6.00. The van der Waals surface area contributed by atoms with Crippen LogP contribution < -0.4 is 4.90 Å². The van der Waals surface area contributed by atoms with Crippen LogP contribution in [0.1, 0.15) is 13.3 Å². The minimum atomic E-state index is 0.431. The number of aromatic nitrogens is 1. The van der Waals surface area contributed by atoms with E-state index in [1.807, 2.05) is 18.3 Å². The van der Waals surface area contributed by atoms with E-state index in [0.29, 0.717) is 17.8 Å². The van der Waals surface area contributed by atoms with Crippen LogP contribution in [0.2, 0.25) is 0 Å². The lowest BCUT2D eigenvalue weighted by atomic mass is 10.1. The van der Waals surface area contributed by atoms with Gasteiger partial charge in [0.25, 0.3) is 0 Å². The molecule has 2 atom stereocenters. The molecule has 1 aliphatic heterocycles. The molecule has 4 heteroatoms. The highest BCUT2D eigenvalue weighted by Gasteiger charge is 2.30. The number of rotatable bonds is 2. The van der Waals surface area contributed by atoms with Crippen molar-refractivity contribution in [1.82, 2.24) is 4.98 Å². The highest BCUT2D eigenvalue weighted by Crippen LogP contribution is 2.29. The standard InChI is InChI=1S/C11H14BrClN2/c1-8-4-5-15(10(8)6-13)11-3-2-9(12)7-14-11/h2-3,7-8,10H,4-6H2,1H3. The zero-order chi connectivity index (χ0) is 10.8. The Morgan fingerprint density at radius 1 is 1.60 bits per heavy atom. The monoisotopic (exact) mass is 288 g/mol. The van der Waals surface area contributed by atoms with Crippen molar-refractivity contribution in [3.63, 3.8) is 0 Å². The normalized spacial score (nSPS) is 25.9. The van der Waals surface area contributed by atoms with Crippen molar-refractivity contribution in [3.8, 4) is 0 Å². The summed E-state index contributed by atoms with van der Waals surface area (Å²) in [6.45, 7) is 3.32. The number of pyridine rings is 1. The molecule has 15 heavy (non-hydrogen) atoms. The average molecular weight is 290 g/mol. The van der Waals surface area contributed by atoms with Crippen LogP contribution in [-0.2, 0) is 0 Å². The summed E-state index contributed by atoms with van der Waals surface area (Å²) < 4.78 is 1.01. The van der Waals surface area contributed by atoms with E-state index < -0.39 is 0 Å². The van der Waals surface area contributed by atoms with Crippen LogP contribution in [0.4, 0.5) is 5.82 Å². The third-order valence-electron chi connectivity index (χ3n) is 3.05. The van der Waals surface area contributed by atoms with Gasteiger partial charge in [-0.1, -0.05) is 6.92 Å². The van der Waals surface area contributed by atoms with Gasteiger partial charge < -0.3 is 4.90 Å². The van der Waals surface area contributed by atoms with E-state index in [4.69, 9.17) is 11.6 Å². The molecule has 2 heterocycles. The summed E-state index contributed by atoms with van der Waals surface area (Å²) in [6.07, 6.45) is 3.04. The summed E-state index contributed by atoms with van der Waals surface area (Å²) in [6, 6.07) is 4.50. The Balaban J connectivity index is 2.20. The van der Waals surface area contributed by atoms with Gasteiger partial charge in [0.05, 0.1) is 0 Å². The Bertz CT molecular complexity index is 328. The van der Waals surface area contributed by atoms with E-state index >= 15 is 0 Å². The number of hydrogen-bond donors (Lipinski definition) is 0. The van der Waals surface area contributed by atoms with E-state index in [0.717, 1.165) is 16.8 Å². The van der Waals surface area contributed by atoms with Crippen LogP contribution in [0.5, 0.6) is 0 Å². The second kappa shape index (κ2) is 4.71. The van der Waals surface area contributed by atoms with Crippen molar-refractivity contribution >= 4 is 33.3 Å². The largest absolute Gasteiger partial charge is 0.352 e. The minimum Gasteiger partial charge on any atom is -0.352 e. The molecule has 1 fully saturated rings. The van der Waals surface area contributed by atoms with Gasteiger partial charge in [-0.15, -0.1) is 11.6 Å². The molecule has 0 aromatic carbocycles. The van der Waals surface area contributed by atoms with Gasteiger partial charge in [0.1, 0.15) is 5.82 Å². The lowest BCUT2D eigenvalue weighted by Gasteiger charge is -2.26. The molecule has 1 aromatic rings. The van der Waals surface area contributed by atoms with Gasteiger partial charge in [-0.05, 0) is 40.4 Å². The highest BCUT2D eigenvalue weighted by atomic mass is 79.9. The lowest BCUT2D eigenvalue weighted by molar-refractivity contribution is 0.548. The highest BCUT2D eigenvalue weighted by molar-refractivity contribution is 9.10. The van der Waals surface area contributed by atoms with E-state index in [1.54, 1.807) is 0 Å². The van der Waals surface area contributed by atoms with Crippen LogP contribution in [0.3, 0.4) is 0 Å². The van der Waals surface area contributed by atoms with Gasteiger partial charge >= 0.3 is 0 Å². The van der Waals surface area contributed by atoms with Gasteiger partial charge in [0.2, 0.25) is 0 Å². The third-order valence-corrected chi connectivity index (χ3v) is 3.83. The SMILES string of the molecule is CC1CCN(c2ccc(Br)cn2)C1CCl. The van der Waals surface area contributed by atoms with Crippen LogP contribution in [0.15, 0.2) is 22.8 Å². The molecule has 1 saturated heterocycles. The van der Waals surface area contributed by atoms with Crippen molar-refractivity contribution in [1.29, 1.82) is 0 Å². The second-order valence-electron chi connectivity index (χ2n) is 4.02. The maximum Gasteiger partial charge on any atom is 0.128 e. The molecule has 0 amide bonds. The van der Waals surface area contributed by atoms with Gasteiger partial charge in [0.15, 0.2) is 0 Å². The van der Waals surface area contributed by atoms with Gasteiger partial charge in [-0.3, -0.25) is 0 Å². The lowest BCUT2D eigenvalue weighted by Crippen LogP contribution is -2.34. The predicted molar refractivity (Wildman–Crippen MR) is 67.6 cm³/mol. The molecule has 1 aliphatic rings. The zero-order valence-electron chi connectivity index (χ0n) is 8.66. The molecule has 0 saturated carbocycles. The first kappa shape index (κ1) is 11.2. The van der Waals surface area contributed by atoms with E-state index in [1.165, 1.54) is 6.42 Å². The molecule has 2 unspecified atom stereocenters. The Morgan fingerprint density at radius 3 is 3.00 bits per heavy atom. The smallest absolute Gasteiger partial charge is 0.128 e. The van der Waals surface area contributed by atoms with Crippen LogP contribution in [-0.4, -0.2) is 23.5 Å². The molecule has 1 aromatic heterocycles. The van der Waals surface area contributed by atoms with Crippen molar-refractivity contribution in [2.24, 2.45) is 5.92 Å². The van der Waals surface area contributed by atoms with Crippen LogP contribution in [0.25, 0.3) is 0 Å². The number of halogens is 2. The molecule has 2 nitrogen and oxygen atoms in total. The fourth-order valence-electron chi connectivity index (χ4n) is 2.07. The Labute approximate surface area is 104 Å². The summed E-state index contributed by atoms with van der Waals surface area (Å²) in [4.78, 5) is 6.72. The fourth-order valence-corrected chi connectivity index (χ4v) is 2.77. The van der Waals surface area contributed by atoms with Crippen LogP contribution >= 0.6 is 27.5 Å². The number of hydrogen-bond acceptors (Lipinski definition) is 2. The summed E-state index contributed by atoms with van der Waals surface area (Å²) >= 11 is 9.39. The molecule has 2 rings (SSSR count). The second-order valence-corrected chi connectivity index (χ2v) is 5.24. The van der Waals surface area contributed by atoms with Crippen LogP contribution in [0, 0.1) is 5.92 Å². The predicted octanol–water partition coefficient (Wildman–Crippen LogP) is 3.30. The Morgan fingerprint density at radius 2 is 2.40 bits per heavy atom. The molecular formula is C11H14BrClN2. The molecule has 0 bridgehead atoms. The molecule has 0 aliphatic carbocycles. The maximum atomic E-state index is 6.00. The number of anilines is 1. The topological polar surface area (TPSA) is 16.1 Å². The van der Waals surface area contributed by atoms with E-state index in [9.17, 15) is 0 Å². The van der Waals surface area contributed by atoms with Crippen molar-refractivity contribution in [3.05, 3.63) is 22.8 Å². The molecule has 0 N–H and O–H groups in total. The molecule has 0 spiro atoms. The minimum absolute atomic E-state index is 0.431. The van der Waals surface area contributed by atoms with Crippen molar-refractivity contribution < 1.29 is 0 Å².